The average Bonchev–Trinajstić information content (AvgIpc) is 2.21. The van der Waals surface area contributed by atoms with E-state index in [0.29, 0.717) is 5.75 Å². The van der Waals surface area contributed by atoms with Gasteiger partial charge in [-0.05, 0) is 31.2 Å². The fourth-order valence-electron chi connectivity index (χ4n) is 1.60. The topological polar surface area (TPSA) is 20.2 Å². The first-order valence-electron chi connectivity index (χ1n) is 5.64. The van der Waals surface area contributed by atoms with Gasteiger partial charge in [0.25, 0.3) is 0 Å². The summed E-state index contributed by atoms with van der Waals surface area (Å²) in [5, 5.41) is 10.3. The molecule has 0 spiro atoms. The van der Waals surface area contributed by atoms with E-state index >= 15 is 0 Å². The van der Waals surface area contributed by atoms with Gasteiger partial charge in [-0.3, -0.25) is 0 Å². The number of rotatable bonds is 4. The molecule has 0 fully saturated rings. The first-order valence-corrected chi connectivity index (χ1v) is 6.22. The minimum atomic E-state index is -0.798. The molecule has 0 aromatic heterocycles. The van der Waals surface area contributed by atoms with Crippen molar-refractivity contribution in [1.82, 2.24) is 0 Å². The van der Waals surface area contributed by atoms with Gasteiger partial charge in [0, 0.05) is 5.60 Å². The van der Waals surface area contributed by atoms with Crippen LogP contribution in [-0.2, 0) is 19.0 Å². The Morgan fingerprint density at radius 3 is 2.00 bits per heavy atom. The van der Waals surface area contributed by atoms with Crippen LogP contribution < -0.4 is 29.6 Å². The van der Waals surface area contributed by atoms with Gasteiger partial charge >= 0.3 is 29.6 Å². The zero-order valence-electron chi connectivity index (χ0n) is 11.6. The molecule has 1 rings (SSSR count). The van der Waals surface area contributed by atoms with Gasteiger partial charge < -0.3 is 17.7 Å². The molecule has 0 amide bonds. The van der Waals surface area contributed by atoms with Crippen molar-refractivity contribution in [2.45, 2.75) is 39.7 Å². The molecule has 17 heavy (non-hydrogen) atoms. The number of aryl methyl sites for hydroxylation is 1. The smallest absolute Gasteiger partial charge is 0.790 e. The molecule has 1 N–H and O–H groups in total. The van der Waals surface area contributed by atoms with Crippen LogP contribution in [0.15, 0.2) is 24.3 Å². The van der Waals surface area contributed by atoms with Crippen molar-refractivity contribution < 1.29 is 34.7 Å². The Bertz CT molecular complexity index is 344. The number of hydrogen-bond acceptors (Lipinski definition) is 2. The molecule has 0 aliphatic rings. The second-order valence-electron chi connectivity index (χ2n) is 5.46. The third-order valence-electron chi connectivity index (χ3n) is 3.51. The zero-order chi connectivity index (χ0) is 12.4. The molecule has 0 radical (unpaired) electrons. The molecule has 1 aromatic rings. The summed E-state index contributed by atoms with van der Waals surface area (Å²) in [6, 6.07) is 8.45. The fraction of sp³-hybridized carbons (Fsp3) is 0.571. The third kappa shape index (κ3) is 4.60. The first-order chi connectivity index (χ1) is 7.28. The summed E-state index contributed by atoms with van der Waals surface area (Å²) in [6.45, 7) is 8.04. The predicted molar refractivity (Wildman–Crippen MR) is 71.5 cm³/mol. The molecule has 0 saturated heterocycles. The molecular weight excluding hydrogens is 239 g/mol. The van der Waals surface area contributed by atoms with Crippen molar-refractivity contribution in [3.05, 3.63) is 35.4 Å². The quantitative estimate of drug-likeness (QED) is 0.601. The molecular formula is C14H21NaOS. The first kappa shape index (κ1) is 17.5. The maximum absolute atomic E-state index is 10.3. The monoisotopic (exact) mass is 260 g/mol. The van der Waals surface area contributed by atoms with Crippen LogP contribution >= 0.6 is 0 Å². The summed E-state index contributed by atoms with van der Waals surface area (Å²) in [4.78, 5) is 0. The van der Waals surface area contributed by atoms with Gasteiger partial charge in [-0.15, -0.1) is 5.75 Å². The van der Waals surface area contributed by atoms with Gasteiger partial charge in [0.2, 0.25) is 0 Å². The van der Waals surface area contributed by atoms with E-state index in [-0.39, 0.29) is 35.0 Å². The molecule has 0 aliphatic heterocycles. The third-order valence-corrected chi connectivity index (χ3v) is 4.07. The van der Waals surface area contributed by atoms with Crippen molar-refractivity contribution >= 4 is 12.6 Å². The standard InChI is InChI=1S/C14H22OS.Na/c1-11-5-7-12(8-6-11)9-13(2,3)14(4,15)10-16;/h5-8,15-16H,9-10H2,1-4H3;/q;+1/p-1. The summed E-state index contributed by atoms with van der Waals surface area (Å²) in [5.74, 6) is 0.367. The van der Waals surface area contributed by atoms with Crippen LogP contribution in [0.5, 0.6) is 0 Å². The second-order valence-corrected chi connectivity index (χ2v) is 5.75. The van der Waals surface area contributed by atoms with Crippen LogP contribution in [-0.4, -0.2) is 16.5 Å². The number of hydrogen-bond donors (Lipinski definition) is 1. The normalized spacial score (nSPS) is 14.9. The van der Waals surface area contributed by atoms with Gasteiger partial charge in [-0.25, -0.2) is 0 Å². The molecule has 0 aliphatic carbocycles. The van der Waals surface area contributed by atoms with Crippen molar-refractivity contribution in [2.24, 2.45) is 5.41 Å². The minimum Gasteiger partial charge on any atom is -0.790 e. The van der Waals surface area contributed by atoms with E-state index in [1.54, 1.807) is 0 Å². The van der Waals surface area contributed by atoms with Crippen LogP contribution in [0.4, 0.5) is 0 Å². The summed E-state index contributed by atoms with van der Waals surface area (Å²) >= 11 is 5.02. The van der Waals surface area contributed by atoms with E-state index in [4.69, 9.17) is 12.6 Å². The predicted octanol–water partition coefficient (Wildman–Crippen LogP) is -0.134. The Hall–Kier alpha value is 0.530. The Labute approximate surface area is 133 Å². The molecule has 3 heteroatoms. The van der Waals surface area contributed by atoms with Crippen molar-refractivity contribution in [1.29, 1.82) is 0 Å². The van der Waals surface area contributed by atoms with E-state index in [2.05, 4.69) is 45.0 Å². The Morgan fingerprint density at radius 1 is 1.12 bits per heavy atom. The molecule has 1 unspecified atom stereocenters. The van der Waals surface area contributed by atoms with Crippen molar-refractivity contribution in [3.63, 3.8) is 0 Å². The van der Waals surface area contributed by atoms with Crippen molar-refractivity contribution in [2.75, 3.05) is 5.75 Å². The molecule has 1 nitrogen and oxygen atoms in total. The van der Waals surface area contributed by atoms with Crippen LogP contribution in [0.25, 0.3) is 0 Å². The van der Waals surface area contributed by atoms with E-state index in [0.717, 1.165) is 6.42 Å². The van der Waals surface area contributed by atoms with E-state index < -0.39 is 5.60 Å². The van der Waals surface area contributed by atoms with Crippen LogP contribution in [0.1, 0.15) is 31.9 Å². The average molecular weight is 260 g/mol. The van der Waals surface area contributed by atoms with Gasteiger partial charge in [0.05, 0.1) is 0 Å². The maximum atomic E-state index is 10.3. The summed E-state index contributed by atoms with van der Waals surface area (Å²) < 4.78 is 0. The molecule has 90 valence electrons. The molecule has 0 bridgehead atoms. The van der Waals surface area contributed by atoms with Crippen LogP contribution in [0.3, 0.4) is 0 Å². The number of benzene rings is 1. The zero-order valence-corrected chi connectivity index (χ0v) is 14.4. The maximum Gasteiger partial charge on any atom is 1.00 e. The van der Waals surface area contributed by atoms with Gasteiger partial charge in [-0.2, -0.15) is 0 Å². The number of aliphatic hydroxyl groups is 1. The van der Waals surface area contributed by atoms with E-state index in [9.17, 15) is 5.11 Å². The van der Waals surface area contributed by atoms with Crippen molar-refractivity contribution in [3.8, 4) is 0 Å². The fourth-order valence-corrected chi connectivity index (χ4v) is 1.99. The van der Waals surface area contributed by atoms with E-state index in [1.807, 2.05) is 6.92 Å². The van der Waals surface area contributed by atoms with Gasteiger partial charge in [-0.1, -0.05) is 43.7 Å². The minimum absolute atomic E-state index is 0. The molecule has 0 saturated carbocycles. The van der Waals surface area contributed by atoms with Crippen LogP contribution in [0, 0.1) is 12.3 Å². The Kier molecular flexibility index (Phi) is 6.83. The second kappa shape index (κ2) is 6.63. The largest absolute Gasteiger partial charge is 1.00 e. The SMILES string of the molecule is Cc1ccc(CC(C)(C)C(C)(O)C[S-])cc1.[Na+]. The molecule has 0 heterocycles. The Balaban J connectivity index is 0.00000256. The summed E-state index contributed by atoms with van der Waals surface area (Å²) in [6.07, 6.45) is 0.844. The van der Waals surface area contributed by atoms with Gasteiger partial charge in [0.1, 0.15) is 0 Å². The van der Waals surface area contributed by atoms with Crippen LogP contribution in [0.2, 0.25) is 0 Å². The Morgan fingerprint density at radius 2 is 1.59 bits per heavy atom. The van der Waals surface area contributed by atoms with E-state index in [1.165, 1.54) is 11.1 Å². The summed E-state index contributed by atoms with van der Waals surface area (Å²) in [5.41, 5.74) is 1.51. The molecule has 1 aromatic carbocycles. The summed E-state index contributed by atoms with van der Waals surface area (Å²) in [7, 11) is 0. The molecule has 1 atom stereocenters. The van der Waals surface area contributed by atoms with Gasteiger partial charge in [0.15, 0.2) is 0 Å².